The predicted octanol–water partition coefficient (Wildman–Crippen LogP) is 3.96. The van der Waals surface area contributed by atoms with E-state index in [1.54, 1.807) is 0 Å². The number of halogens is 1. The van der Waals surface area contributed by atoms with Crippen molar-refractivity contribution in [2.75, 3.05) is 0 Å². The number of rotatable bonds is 2. The molecule has 1 fully saturated rings. The Bertz CT molecular complexity index is 326. The summed E-state index contributed by atoms with van der Waals surface area (Å²) in [4.78, 5) is 1.41. The van der Waals surface area contributed by atoms with Gasteiger partial charge in [-0.15, -0.1) is 11.3 Å². The third-order valence-corrected chi connectivity index (χ3v) is 5.40. The molecular formula is C12H18BrNS. The summed E-state index contributed by atoms with van der Waals surface area (Å²) in [6.07, 6.45) is 5.98. The first kappa shape index (κ1) is 11.6. The fourth-order valence-electron chi connectivity index (χ4n) is 2.28. The standard InChI is InChI=1S/C12H18BrNS/c1-9-2-5-12(14,6-3-9)8-11-10(13)4-7-15-11/h4,7,9H,2-3,5-6,8,14H2,1H3. The molecule has 3 heteroatoms. The van der Waals surface area contributed by atoms with Crippen molar-refractivity contribution in [2.24, 2.45) is 11.7 Å². The minimum absolute atomic E-state index is 0.0554. The van der Waals surface area contributed by atoms with Gasteiger partial charge in [0.15, 0.2) is 0 Å². The van der Waals surface area contributed by atoms with Crippen molar-refractivity contribution < 1.29 is 0 Å². The van der Waals surface area contributed by atoms with E-state index in [0.29, 0.717) is 0 Å². The molecule has 1 aromatic rings. The molecule has 0 unspecified atom stereocenters. The molecule has 0 amide bonds. The second kappa shape index (κ2) is 4.56. The van der Waals surface area contributed by atoms with E-state index < -0.39 is 0 Å². The molecule has 0 spiro atoms. The van der Waals surface area contributed by atoms with E-state index in [-0.39, 0.29) is 5.54 Å². The molecule has 1 aliphatic carbocycles. The van der Waals surface area contributed by atoms with Crippen LogP contribution in [0.15, 0.2) is 15.9 Å². The lowest BCUT2D eigenvalue weighted by molar-refractivity contribution is 0.244. The van der Waals surface area contributed by atoms with Crippen molar-refractivity contribution in [3.05, 3.63) is 20.8 Å². The van der Waals surface area contributed by atoms with E-state index in [9.17, 15) is 0 Å². The van der Waals surface area contributed by atoms with E-state index in [2.05, 4.69) is 34.3 Å². The first-order valence-corrected chi connectivity index (χ1v) is 7.27. The molecule has 15 heavy (non-hydrogen) atoms. The number of hydrogen-bond acceptors (Lipinski definition) is 2. The van der Waals surface area contributed by atoms with Gasteiger partial charge < -0.3 is 5.73 Å². The average Bonchev–Trinajstić information content (AvgIpc) is 2.58. The van der Waals surface area contributed by atoms with Crippen molar-refractivity contribution in [3.63, 3.8) is 0 Å². The maximum Gasteiger partial charge on any atom is 0.0315 e. The average molecular weight is 288 g/mol. The second-order valence-corrected chi connectivity index (χ2v) is 6.77. The highest BCUT2D eigenvalue weighted by atomic mass is 79.9. The summed E-state index contributed by atoms with van der Waals surface area (Å²) in [7, 11) is 0. The monoisotopic (exact) mass is 287 g/mol. The molecule has 0 aromatic carbocycles. The minimum atomic E-state index is 0.0554. The maximum atomic E-state index is 6.47. The zero-order valence-electron chi connectivity index (χ0n) is 9.13. The zero-order valence-corrected chi connectivity index (χ0v) is 11.5. The third kappa shape index (κ3) is 2.83. The molecule has 1 aliphatic rings. The highest BCUT2D eigenvalue weighted by Crippen LogP contribution is 2.35. The summed E-state index contributed by atoms with van der Waals surface area (Å²) >= 11 is 5.40. The van der Waals surface area contributed by atoms with Crippen LogP contribution in [0.5, 0.6) is 0 Å². The van der Waals surface area contributed by atoms with Gasteiger partial charge in [0.05, 0.1) is 0 Å². The van der Waals surface area contributed by atoms with Crippen LogP contribution in [-0.2, 0) is 6.42 Å². The Kier molecular flexibility index (Phi) is 3.53. The molecule has 1 heterocycles. The van der Waals surface area contributed by atoms with E-state index in [1.807, 2.05) is 11.3 Å². The van der Waals surface area contributed by atoms with Gasteiger partial charge in [-0.2, -0.15) is 0 Å². The smallest absolute Gasteiger partial charge is 0.0315 e. The molecule has 0 radical (unpaired) electrons. The summed E-state index contributed by atoms with van der Waals surface area (Å²) < 4.78 is 1.23. The Morgan fingerprint density at radius 1 is 1.53 bits per heavy atom. The van der Waals surface area contributed by atoms with Crippen LogP contribution in [0.3, 0.4) is 0 Å². The van der Waals surface area contributed by atoms with Crippen LogP contribution in [0.25, 0.3) is 0 Å². The van der Waals surface area contributed by atoms with E-state index >= 15 is 0 Å². The summed E-state index contributed by atoms with van der Waals surface area (Å²) in [6.45, 7) is 2.33. The van der Waals surface area contributed by atoms with Crippen molar-refractivity contribution in [1.29, 1.82) is 0 Å². The maximum absolute atomic E-state index is 6.47. The Hall–Kier alpha value is 0.140. The summed E-state index contributed by atoms with van der Waals surface area (Å²) in [5.41, 5.74) is 6.52. The summed E-state index contributed by atoms with van der Waals surface area (Å²) in [6, 6.07) is 2.12. The Morgan fingerprint density at radius 3 is 2.73 bits per heavy atom. The van der Waals surface area contributed by atoms with Crippen LogP contribution in [0.4, 0.5) is 0 Å². The number of nitrogens with two attached hydrogens (primary N) is 1. The van der Waals surface area contributed by atoms with Gasteiger partial charge in [-0.1, -0.05) is 6.92 Å². The summed E-state index contributed by atoms with van der Waals surface area (Å²) in [5.74, 6) is 0.869. The van der Waals surface area contributed by atoms with Crippen molar-refractivity contribution in [2.45, 2.75) is 44.6 Å². The van der Waals surface area contributed by atoms with Gasteiger partial charge in [0, 0.05) is 21.3 Å². The van der Waals surface area contributed by atoms with E-state index in [4.69, 9.17) is 5.73 Å². The Labute approximate surface area is 104 Å². The van der Waals surface area contributed by atoms with Crippen LogP contribution in [0, 0.1) is 5.92 Å². The highest BCUT2D eigenvalue weighted by molar-refractivity contribution is 9.10. The number of thiophene rings is 1. The van der Waals surface area contributed by atoms with Gasteiger partial charge >= 0.3 is 0 Å². The Morgan fingerprint density at radius 2 is 2.20 bits per heavy atom. The Balaban J connectivity index is 2.02. The first-order chi connectivity index (χ1) is 7.09. The third-order valence-electron chi connectivity index (χ3n) is 3.47. The minimum Gasteiger partial charge on any atom is -0.325 e. The number of hydrogen-bond donors (Lipinski definition) is 1. The molecule has 0 saturated heterocycles. The second-order valence-electron chi connectivity index (χ2n) is 4.91. The quantitative estimate of drug-likeness (QED) is 0.875. The molecule has 2 N–H and O–H groups in total. The molecule has 1 aromatic heterocycles. The largest absolute Gasteiger partial charge is 0.325 e. The van der Waals surface area contributed by atoms with Crippen molar-refractivity contribution in [1.82, 2.24) is 0 Å². The van der Waals surface area contributed by atoms with Crippen LogP contribution in [0.1, 0.15) is 37.5 Å². The lowest BCUT2D eigenvalue weighted by Gasteiger charge is -2.36. The molecule has 84 valence electrons. The van der Waals surface area contributed by atoms with Gasteiger partial charge in [-0.3, -0.25) is 0 Å². The molecule has 0 aliphatic heterocycles. The topological polar surface area (TPSA) is 26.0 Å². The van der Waals surface area contributed by atoms with Crippen LogP contribution in [0.2, 0.25) is 0 Å². The van der Waals surface area contributed by atoms with E-state index in [1.165, 1.54) is 35.0 Å². The van der Waals surface area contributed by atoms with Crippen LogP contribution < -0.4 is 5.73 Å². The van der Waals surface area contributed by atoms with Gasteiger partial charge in [0.25, 0.3) is 0 Å². The van der Waals surface area contributed by atoms with Gasteiger partial charge in [-0.25, -0.2) is 0 Å². The zero-order chi connectivity index (χ0) is 10.9. The van der Waals surface area contributed by atoms with Crippen LogP contribution >= 0.6 is 27.3 Å². The van der Waals surface area contributed by atoms with Crippen molar-refractivity contribution in [3.8, 4) is 0 Å². The summed E-state index contributed by atoms with van der Waals surface area (Å²) in [5, 5.41) is 2.13. The lowest BCUT2D eigenvalue weighted by Crippen LogP contribution is -2.44. The molecular weight excluding hydrogens is 270 g/mol. The van der Waals surface area contributed by atoms with E-state index in [0.717, 1.165) is 12.3 Å². The van der Waals surface area contributed by atoms with Crippen LogP contribution in [-0.4, -0.2) is 5.54 Å². The molecule has 1 saturated carbocycles. The molecule has 0 bridgehead atoms. The van der Waals surface area contributed by atoms with Gasteiger partial charge in [0.2, 0.25) is 0 Å². The molecule has 2 rings (SSSR count). The molecule has 1 nitrogen and oxygen atoms in total. The SMILES string of the molecule is CC1CCC(N)(Cc2sccc2Br)CC1. The normalized spacial score (nSPS) is 31.8. The lowest BCUT2D eigenvalue weighted by atomic mass is 9.76. The highest BCUT2D eigenvalue weighted by Gasteiger charge is 2.31. The molecule has 0 atom stereocenters. The van der Waals surface area contributed by atoms with Crippen molar-refractivity contribution >= 4 is 27.3 Å². The fraction of sp³-hybridized carbons (Fsp3) is 0.667. The predicted molar refractivity (Wildman–Crippen MR) is 70.3 cm³/mol. The van der Waals surface area contributed by atoms with Gasteiger partial charge in [0.1, 0.15) is 0 Å². The van der Waals surface area contributed by atoms with Gasteiger partial charge in [-0.05, 0) is 59.0 Å². The first-order valence-electron chi connectivity index (χ1n) is 5.60. The fourth-order valence-corrected chi connectivity index (χ4v) is 3.93.